The van der Waals surface area contributed by atoms with Gasteiger partial charge >= 0.3 is 5.69 Å². The van der Waals surface area contributed by atoms with E-state index in [1.165, 1.54) is 6.26 Å². The Balaban J connectivity index is 1.68. The Hall–Kier alpha value is -3.68. The number of amides is 1. The van der Waals surface area contributed by atoms with Crippen LogP contribution in [0.5, 0.6) is 0 Å². The van der Waals surface area contributed by atoms with Crippen molar-refractivity contribution in [1.29, 1.82) is 0 Å². The minimum Gasteiger partial charge on any atom is -0.364 e. The number of benzene rings is 1. The standard InChI is InChI=1S/C22H23N5O3/c1-13-5-6-14(20(28)24-12-16-7-8-30-26-16)9-17(13)15-10-18-19(23-11-15)27(21(29)25-18)22(2,3)4/h5-11H,12H2,1-4H3,(H,24,28)(H,25,29). The van der Waals surface area contributed by atoms with Gasteiger partial charge in [0.05, 0.1) is 12.1 Å². The summed E-state index contributed by atoms with van der Waals surface area (Å²) in [6, 6.07) is 9.10. The van der Waals surface area contributed by atoms with E-state index >= 15 is 0 Å². The molecular formula is C22H23N5O3. The third kappa shape index (κ3) is 3.63. The van der Waals surface area contributed by atoms with E-state index in [0.29, 0.717) is 22.4 Å². The number of fused-ring (bicyclic) bond motifs is 1. The molecule has 3 heterocycles. The molecule has 0 unspecified atom stereocenters. The van der Waals surface area contributed by atoms with Gasteiger partial charge in [-0.25, -0.2) is 9.78 Å². The molecule has 0 atom stereocenters. The van der Waals surface area contributed by atoms with Gasteiger partial charge in [-0.15, -0.1) is 0 Å². The second-order valence-corrected chi connectivity index (χ2v) is 8.23. The Kier molecular flexibility index (Phi) is 4.77. The number of pyridine rings is 1. The lowest BCUT2D eigenvalue weighted by molar-refractivity contribution is 0.0950. The van der Waals surface area contributed by atoms with Gasteiger partial charge in [-0.2, -0.15) is 0 Å². The average Bonchev–Trinajstić information content (AvgIpc) is 3.31. The summed E-state index contributed by atoms with van der Waals surface area (Å²) >= 11 is 0. The van der Waals surface area contributed by atoms with Gasteiger partial charge in [0.15, 0.2) is 5.65 Å². The van der Waals surface area contributed by atoms with Crippen LogP contribution in [0, 0.1) is 6.92 Å². The van der Waals surface area contributed by atoms with Gasteiger partial charge in [0.1, 0.15) is 12.0 Å². The predicted molar refractivity (Wildman–Crippen MR) is 113 cm³/mol. The van der Waals surface area contributed by atoms with Crippen molar-refractivity contribution in [1.82, 2.24) is 25.0 Å². The summed E-state index contributed by atoms with van der Waals surface area (Å²) in [7, 11) is 0. The molecule has 8 heteroatoms. The smallest absolute Gasteiger partial charge is 0.328 e. The molecule has 0 aliphatic rings. The number of aromatic nitrogens is 4. The van der Waals surface area contributed by atoms with Gasteiger partial charge in [0.25, 0.3) is 5.91 Å². The van der Waals surface area contributed by atoms with E-state index in [1.807, 2.05) is 45.9 Å². The van der Waals surface area contributed by atoms with Crippen molar-refractivity contribution in [2.75, 3.05) is 0 Å². The normalized spacial score (nSPS) is 11.7. The lowest BCUT2D eigenvalue weighted by Gasteiger charge is -2.19. The molecule has 154 valence electrons. The third-order valence-electron chi connectivity index (χ3n) is 4.93. The van der Waals surface area contributed by atoms with Crippen molar-refractivity contribution < 1.29 is 9.32 Å². The van der Waals surface area contributed by atoms with Crippen molar-refractivity contribution in [3.8, 4) is 11.1 Å². The lowest BCUT2D eigenvalue weighted by Crippen LogP contribution is -2.32. The molecule has 1 amide bonds. The number of carbonyl (C=O) groups excluding carboxylic acids is 1. The highest BCUT2D eigenvalue weighted by Crippen LogP contribution is 2.27. The molecule has 3 aromatic heterocycles. The highest BCUT2D eigenvalue weighted by Gasteiger charge is 2.21. The zero-order chi connectivity index (χ0) is 21.5. The van der Waals surface area contributed by atoms with Crippen LogP contribution in [0.1, 0.15) is 42.4 Å². The Morgan fingerprint density at radius 1 is 1.23 bits per heavy atom. The first kappa shape index (κ1) is 19.6. The molecule has 1 aromatic carbocycles. The highest BCUT2D eigenvalue weighted by molar-refractivity contribution is 5.96. The molecule has 0 aliphatic carbocycles. The Bertz CT molecular complexity index is 1280. The van der Waals surface area contributed by atoms with Gasteiger partial charge in [-0.3, -0.25) is 9.36 Å². The molecule has 4 rings (SSSR count). The second kappa shape index (κ2) is 7.29. The first-order valence-corrected chi connectivity index (χ1v) is 9.64. The summed E-state index contributed by atoms with van der Waals surface area (Å²) in [5.41, 5.74) is 4.57. The molecular weight excluding hydrogens is 382 g/mol. The summed E-state index contributed by atoms with van der Waals surface area (Å²) in [5.74, 6) is -0.208. The number of hydrogen-bond acceptors (Lipinski definition) is 5. The van der Waals surface area contributed by atoms with Gasteiger partial charge < -0.3 is 14.8 Å². The molecule has 0 radical (unpaired) electrons. The van der Waals surface area contributed by atoms with Crippen LogP contribution in [0.25, 0.3) is 22.3 Å². The summed E-state index contributed by atoms with van der Waals surface area (Å²) < 4.78 is 6.42. The van der Waals surface area contributed by atoms with Crippen LogP contribution in [0.3, 0.4) is 0 Å². The van der Waals surface area contributed by atoms with Crippen molar-refractivity contribution in [2.45, 2.75) is 39.8 Å². The molecule has 0 bridgehead atoms. The number of nitrogens with zero attached hydrogens (tertiary/aromatic N) is 3. The monoisotopic (exact) mass is 405 g/mol. The van der Waals surface area contributed by atoms with Crippen molar-refractivity contribution in [2.24, 2.45) is 0 Å². The van der Waals surface area contributed by atoms with Crippen LogP contribution in [0.2, 0.25) is 0 Å². The number of aryl methyl sites for hydroxylation is 1. The van der Waals surface area contributed by atoms with Crippen molar-refractivity contribution in [3.05, 3.63) is 70.1 Å². The Morgan fingerprint density at radius 3 is 2.73 bits per heavy atom. The summed E-state index contributed by atoms with van der Waals surface area (Å²) in [5, 5.41) is 6.62. The molecule has 0 fully saturated rings. The summed E-state index contributed by atoms with van der Waals surface area (Å²) in [4.78, 5) is 32.4. The summed E-state index contributed by atoms with van der Waals surface area (Å²) in [6.45, 7) is 8.14. The minimum absolute atomic E-state index is 0.195. The number of rotatable bonds is 4. The van der Waals surface area contributed by atoms with E-state index in [0.717, 1.165) is 16.7 Å². The number of imidazole rings is 1. The quantitative estimate of drug-likeness (QED) is 0.541. The first-order chi connectivity index (χ1) is 14.2. The molecule has 2 N–H and O–H groups in total. The van der Waals surface area contributed by atoms with Gasteiger partial charge in [0, 0.05) is 28.9 Å². The molecule has 30 heavy (non-hydrogen) atoms. The van der Waals surface area contributed by atoms with Gasteiger partial charge in [0.2, 0.25) is 0 Å². The molecule has 8 nitrogen and oxygen atoms in total. The first-order valence-electron chi connectivity index (χ1n) is 9.64. The Morgan fingerprint density at radius 2 is 2.03 bits per heavy atom. The maximum Gasteiger partial charge on any atom is 0.328 e. The largest absolute Gasteiger partial charge is 0.364 e. The fourth-order valence-electron chi connectivity index (χ4n) is 3.44. The number of nitrogens with one attached hydrogen (secondary N) is 2. The number of aromatic amines is 1. The van der Waals surface area contributed by atoms with E-state index < -0.39 is 0 Å². The minimum atomic E-state index is -0.387. The summed E-state index contributed by atoms with van der Waals surface area (Å²) in [6.07, 6.45) is 3.20. The molecule has 4 aromatic rings. The number of hydrogen-bond donors (Lipinski definition) is 2. The van der Waals surface area contributed by atoms with Crippen LogP contribution < -0.4 is 11.0 Å². The van der Waals surface area contributed by atoms with Crippen LogP contribution in [-0.2, 0) is 12.1 Å². The van der Waals surface area contributed by atoms with Crippen LogP contribution in [-0.4, -0.2) is 25.6 Å². The number of carbonyl (C=O) groups is 1. The molecule has 0 saturated heterocycles. The Labute approximate surface area is 172 Å². The topological polar surface area (TPSA) is 106 Å². The predicted octanol–water partition coefficient (Wildman–Crippen LogP) is 3.37. The fourth-order valence-corrected chi connectivity index (χ4v) is 3.44. The molecule has 0 aliphatic heterocycles. The molecule has 0 saturated carbocycles. The average molecular weight is 405 g/mol. The van der Waals surface area contributed by atoms with Crippen LogP contribution >= 0.6 is 0 Å². The fraction of sp³-hybridized carbons (Fsp3) is 0.273. The van der Waals surface area contributed by atoms with Gasteiger partial charge in [-0.1, -0.05) is 11.2 Å². The SMILES string of the molecule is Cc1ccc(C(=O)NCc2ccon2)cc1-c1cnc2c(c1)[nH]c(=O)n2C(C)(C)C. The molecule has 0 spiro atoms. The van der Waals surface area contributed by atoms with Crippen molar-refractivity contribution in [3.63, 3.8) is 0 Å². The van der Waals surface area contributed by atoms with E-state index in [9.17, 15) is 9.59 Å². The lowest BCUT2D eigenvalue weighted by atomic mass is 9.99. The van der Waals surface area contributed by atoms with Gasteiger partial charge in [-0.05, 0) is 57.0 Å². The third-order valence-corrected chi connectivity index (χ3v) is 4.93. The van der Waals surface area contributed by atoms with E-state index in [1.54, 1.807) is 22.9 Å². The van der Waals surface area contributed by atoms with E-state index in [2.05, 4.69) is 20.4 Å². The van der Waals surface area contributed by atoms with E-state index in [4.69, 9.17) is 4.52 Å². The van der Waals surface area contributed by atoms with Crippen LogP contribution in [0.15, 0.2) is 52.1 Å². The maximum atomic E-state index is 12.6. The second-order valence-electron chi connectivity index (χ2n) is 8.23. The van der Waals surface area contributed by atoms with E-state index in [-0.39, 0.29) is 23.7 Å². The highest BCUT2D eigenvalue weighted by atomic mass is 16.5. The maximum absolute atomic E-state index is 12.6. The van der Waals surface area contributed by atoms with Crippen LogP contribution in [0.4, 0.5) is 0 Å². The number of H-pyrrole nitrogens is 1. The zero-order valence-corrected chi connectivity index (χ0v) is 17.3. The van der Waals surface area contributed by atoms with Crippen molar-refractivity contribution >= 4 is 17.1 Å². The zero-order valence-electron chi connectivity index (χ0n) is 17.3.